The number of rotatable bonds is 9. The van der Waals surface area contributed by atoms with Crippen LogP contribution in [0.1, 0.15) is 38.7 Å². The van der Waals surface area contributed by atoms with Gasteiger partial charge < -0.3 is 20.3 Å². The Balaban J connectivity index is 1.42. The van der Waals surface area contributed by atoms with Gasteiger partial charge in [-0.15, -0.1) is 0 Å². The van der Waals surface area contributed by atoms with Crippen LogP contribution in [-0.2, 0) is 5.41 Å². The zero-order chi connectivity index (χ0) is 24.0. The molecule has 3 aromatic rings. The van der Waals surface area contributed by atoms with Crippen molar-refractivity contribution in [1.29, 1.82) is 0 Å². The molecule has 180 valence electrons. The molecule has 7 nitrogen and oxygen atoms in total. The maximum Gasteiger partial charge on any atom is 0.129 e. The lowest BCUT2D eigenvalue weighted by molar-refractivity contribution is 0.263. The van der Waals surface area contributed by atoms with Crippen molar-refractivity contribution in [2.75, 3.05) is 44.4 Å². The van der Waals surface area contributed by atoms with Crippen LogP contribution in [0, 0.1) is 0 Å². The highest BCUT2D eigenvalue weighted by Crippen LogP contribution is 2.34. The summed E-state index contributed by atoms with van der Waals surface area (Å²) in [6.45, 7) is 7.44. The third-order valence-electron chi connectivity index (χ3n) is 6.99. The molecule has 0 unspecified atom stereocenters. The molecular weight excluding hydrogens is 424 g/mol. The average molecular weight is 461 g/mol. The molecule has 34 heavy (non-hydrogen) atoms. The van der Waals surface area contributed by atoms with Gasteiger partial charge in [0.1, 0.15) is 23.7 Å². The van der Waals surface area contributed by atoms with E-state index in [0.29, 0.717) is 6.04 Å². The van der Waals surface area contributed by atoms with Crippen molar-refractivity contribution in [2.45, 2.75) is 44.6 Å². The number of piperidine rings is 1. The summed E-state index contributed by atoms with van der Waals surface area (Å²) < 4.78 is 5.62. The molecule has 2 N–H and O–H groups in total. The normalized spacial score (nSPS) is 16.6. The van der Waals surface area contributed by atoms with Gasteiger partial charge >= 0.3 is 0 Å². The van der Waals surface area contributed by atoms with Crippen molar-refractivity contribution >= 4 is 11.6 Å². The molecule has 0 radical (unpaired) electrons. The number of likely N-dealkylation sites (tertiary alicyclic amines) is 1. The molecule has 0 bridgehead atoms. The minimum atomic E-state index is -0.0967. The lowest BCUT2D eigenvalue weighted by Gasteiger charge is -2.31. The molecule has 7 heteroatoms. The largest absolute Gasteiger partial charge is 0.496 e. The molecule has 2 aromatic heterocycles. The van der Waals surface area contributed by atoms with Crippen molar-refractivity contribution in [3.05, 3.63) is 60.6 Å². The Kier molecular flexibility index (Phi) is 7.63. The van der Waals surface area contributed by atoms with Crippen LogP contribution < -0.4 is 15.4 Å². The highest BCUT2D eigenvalue weighted by molar-refractivity contribution is 5.62. The Labute approximate surface area is 203 Å². The van der Waals surface area contributed by atoms with Crippen LogP contribution in [0.15, 0.2) is 55.0 Å². The van der Waals surface area contributed by atoms with Gasteiger partial charge in [-0.2, -0.15) is 0 Å². The van der Waals surface area contributed by atoms with Crippen LogP contribution in [0.5, 0.6) is 5.75 Å². The summed E-state index contributed by atoms with van der Waals surface area (Å²) in [6.07, 6.45) is 6.75. The van der Waals surface area contributed by atoms with E-state index in [1.807, 2.05) is 30.5 Å². The molecule has 0 spiro atoms. The van der Waals surface area contributed by atoms with Gasteiger partial charge in [-0.3, -0.25) is 0 Å². The molecule has 0 aliphatic carbocycles. The van der Waals surface area contributed by atoms with Crippen molar-refractivity contribution < 1.29 is 4.74 Å². The summed E-state index contributed by atoms with van der Waals surface area (Å²) in [7, 11) is 3.90. The summed E-state index contributed by atoms with van der Waals surface area (Å²) in [5, 5.41) is 7.09. The Bertz CT molecular complexity index is 1060. The van der Waals surface area contributed by atoms with E-state index in [0.717, 1.165) is 67.5 Å². The summed E-state index contributed by atoms with van der Waals surface area (Å²) in [4.78, 5) is 15.9. The molecule has 1 aliphatic heterocycles. The third-order valence-corrected chi connectivity index (χ3v) is 6.99. The molecule has 1 aromatic carbocycles. The maximum absolute atomic E-state index is 5.62. The van der Waals surface area contributed by atoms with Crippen LogP contribution in [0.25, 0.3) is 11.3 Å². The predicted octanol–water partition coefficient (Wildman–Crippen LogP) is 4.83. The van der Waals surface area contributed by atoms with Gasteiger partial charge in [0.15, 0.2) is 0 Å². The number of hydrogen-bond donors (Lipinski definition) is 2. The smallest absolute Gasteiger partial charge is 0.129 e. The van der Waals surface area contributed by atoms with Crippen molar-refractivity contribution in [1.82, 2.24) is 19.9 Å². The lowest BCUT2D eigenvalue weighted by Crippen LogP contribution is -2.36. The van der Waals surface area contributed by atoms with Crippen molar-refractivity contribution in [2.24, 2.45) is 0 Å². The Morgan fingerprint density at radius 3 is 2.56 bits per heavy atom. The van der Waals surface area contributed by atoms with E-state index in [1.54, 1.807) is 13.4 Å². The lowest BCUT2D eigenvalue weighted by atomic mass is 9.79. The highest BCUT2D eigenvalue weighted by atomic mass is 16.5. The zero-order valence-corrected chi connectivity index (χ0v) is 20.7. The standard InChI is InChI=1S/C27H36N6O/c1-5-27(2,22-8-6-7-9-24(22)34-4)18-29-26-16-23(30-19-31-26)20-10-11-25(28-17-20)32-21-12-14-33(3)15-13-21/h6-11,16-17,19,21H,5,12-15,18H2,1-4H3,(H,28,32)(H,29,30,31)/t27-/m1/s1. The number of aromatic nitrogens is 3. The number of para-hydroxylation sites is 1. The van der Waals surface area contributed by atoms with E-state index in [1.165, 1.54) is 5.56 Å². The fraction of sp³-hybridized carbons (Fsp3) is 0.444. The number of nitrogens with zero attached hydrogens (tertiary/aromatic N) is 4. The number of nitrogens with one attached hydrogen (secondary N) is 2. The van der Waals surface area contributed by atoms with Crippen molar-refractivity contribution in [3.63, 3.8) is 0 Å². The number of hydrogen-bond acceptors (Lipinski definition) is 7. The first-order valence-electron chi connectivity index (χ1n) is 12.1. The number of ether oxygens (including phenoxy) is 1. The van der Waals surface area contributed by atoms with E-state index in [9.17, 15) is 0 Å². The summed E-state index contributed by atoms with van der Waals surface area (Å²) in [5.74, 6) is 2.63. The summed E-state index contributed by atoms with van der Waals surface area (Å²) in [5.41, 5.74) is 2.92. The van der Waals surface area contributed by atoms with E-state index in [4.69, 9.17) is 4.74 Å². The number of anilines is 2. The van der Waals surface area contributed by atoms with E-state index in [2.05, 4.69) is 69.6 Å². The average Bonchev–Trinajstić information content (AvgIpc) is 2.89. The molecule has 3 heterocycles. The first-order valence-corrected chi connectivity index (χ1v) is 12.1. The minimum absolute atomic E-state index is 0.0967. The Morgan fingerprint density at radius 1 is 1.06 bits per heavy atom. The van der Waals surface area contributed by atoms with E-state index >= 15 is 0 Å². The zero-order valence-electron chi connectivity index (χ0n) is 20.7. The minimum Gasteiger partial charge on any atom is -0.496 e. The second-order valence-electron chi connectivity index (χ2n) is 9.41. The Morgan fingerprint density at radius 2 is 1.85 bits per heavy atom. The van der Waals surface area contributed by atoms with Crippen LogP contribution >= 0.6 is 0 Å². The predicted molar refractivity (Wildman–Crippen MR) is 139 cm³/mol. The number of pyridine rings is 1. The fourth-order valence-electron chi connectivity index (χ4n) is 4.44. The van der Waals surface area contributed by atoms with Gasteiger partial charge in [0.05, 0.1) is 12.8 Å². The number of methoxy groups -OCH3 is 1. The molecule has 1 atom stereocenters. The highest BCUT2D eigenvalue weighted by Gasteiger charge is 2.28. The maximum atomic E-state index is 5.62. The first-order chi connectivity index (χ1) is 16.5. The van der Waals surface area contributed by atoms with E-state index < -0.39 is 0 Å². The SMILES string of the molecule is CC[C@](C)(CNc1cc(-c2ccc(NC3CCN(C)CC3)nc2)ncn1)c1ccccc1OC. The molecular formula is C27H36N6O. The fourth-order valence-corrected chi connectivity index (χ4v) is 4.44. The summed E-state index contributed by atoms with van der Waals surface area (Å²) in [6, 6.07) is 14.8. The monoisotopic (exact) mass is 460 g/mol. The molecule has 0 amide bonds. The molecule has 1 fully saturated rings. The van der Waals surface area contributed by atoms with Crippen molar-refractivity contribution in [3.8, 4) is 17.0 Å². The number of benzene rings is 1. The van der Waals surface area contributed by atoms with Crippen LogP contribution in [0.2, 0.25) is 0 Å². The summed E-state index contributed by atoms with van der Waals surface area (Å²) >= 11 is 0. The third kappa shape index (κ3) is 5.65. The molecule has 1 saturated heterocycles. The van der Waals surface area contributed by atoms with Crippen LogP contribution in [-0.4, -0.2) is 59.7 Å². The van der Waals surface area contributed by atoms with Crippen LogP contribution in [0.3, 0.4) is 0 Å². The second-order valence-corrected chi connectivity index (χ2v) is 9.41. The molecule has 0 saturated carbocycles. The van der Waals surface area contributed by atoms with Gasteiger partial charge in [-0.1, -0.05) is 32.0 Å². The first kappa shape index (κ1) is 24.0. The van der Waals surface area contributed by atoms with Gasteiger partial charge in [-0.25, -0.2) is 15.0 Å². The van der Waals surface area contributed by atoms with E-state index in [-0.39, 0.29) is 5.41 Å². The quantitative estimate of drug-likeness (QED) is 0.473. The van der Waals surface area contributed by atoms with Gasteiger partial charge in [0.2, 0.25) is 0 Å². The van der Waals surface area contributed by atoms with Gasteiger partial charge in [0.25, 0.3) is 0 Å². The second kappa shape index (κ2) is 10.8. The van der Waals surface area contributed by atoms with Gasteiger partial charge in [0, 0.05) is 41.4 Å². The topological polar surface area (TPSA) is 75.2 Å². The molecule has 4 rings (SSSR count). The Hall–Kier alpha value is -3.19. The molecule has 1 aliphatic rings. The van der Waals surface area contributed by atoms with Crippen LogP contribution in [0.4, 0.5) is 11.6 Å². The van der Waals surface area contributed by atoms with Gasteiger partial charge in [-0.05, 0) is 57.6 Å².